The van der Waals surface area contributed by atoms with Crippen LogP contribution in [-0.2, 0) is 15.9 Å². The summed E-state index contributed by atoms with van der Waals surface area (Å²) in [7, 11) is 0. The highest BCUT2D eigenvalue weighted by Crippen LogP contribution is 2.12. The van der Waals surface area contributed by atoms with Crippen molar-refractivity contribution in [3.05, 3.63) is 35.1 Å². The Balaban J connectivity index is 1.67. The number of rotatable bonds is 9. The number of nitrogens with zero attached hydrogens (tertiary/aromatic N) is 1. The Morgan fingerprint density at radius 1 is 1.40 bits per heavy atom. The fourth-order valence-corrected chi connectivity index (χ4v) is 2.81. The minimum absolute atomic E-state index is 0.188. The summed E-state index contributed by atoms with van der Waals surface area (Å²) in [6, 6.07) is 4.92. The molecule has 1 fully saturated rings. The van der Waals surface area contributed by atoms with Gasteiger partial charge in [-0.2, -0.15) is 0 Å². The van der Waals surface area contributed by atoms with Gasteiger partial charge in [-0.1, -0.05) is 6.07 Å². The van der Waals surface area contributed by atoms with E-state index in [1.807, 2.05) is 19.9 Å². The molecule has 1 atom stereocenters. The first-order chi connectivity index (χ1) is 12.2. The van der Waals surface area contributed by atoms with Gasteiger partial charge in [-0.05, 0) is 56.4 Å². The number of guanidine groups is 1. The molecule has 0 bridgehead atoms. The van der Waals surface area contributed by atoms with Crippen LogP contribution in [0.3, 0.4) is 0 Å². The third kappa shape index (κ3) is 7.40. The largest absolute Gasteiger partial charge is 0.377 e. The Hall–Kier alpha value is -1.66. The van der Waals surface area contributed by atoms with Crippen LogP contribution in [-0.4, -0.2) is 51.5 Å². The van der Waals surface area contributed by atoms with Crippen molar-refractivity contribution >= 4 is 5.96 Å². The van der Waals surface area contributed by atoms with Gasteiger partial charge in [0.05, 0.1) is 25.9 Å². The van der Waals surface area contributed by atoms with Crippen molar-refractivity contribution < 1.29 is 13.9 Å². The van der Waals surface area contributed by atoms with Gasteiger partial charge in [-0.15, -0.1) is 0 Å². The lowest BCUT2D eigenvalue weighted by atomic mass is 10.1. The molecule has 0 saturated carbocycles. The van der Waals surface area contributed by atoms with E-state index in [9.17, 15) is 4.39 Å². The summed E-state index contributed by atoms with van der Waals surface area (Å²) in [5.74, 6) is 0.593. The molecule has 0 aromatic heterocycles. The molecule has 1 aromatic rings. The standard InChI is InChI=1S/C19H30FN3O2/c1-3-21-19(23-10-12-24-14-18-5-4-11-25-18)22-9-8-16-6-7-17(20)13-15(16)2/h6-7,13,18H,3-5,8-12,14H2,1-2H3,(H2,21,22,23). The Bertz CT molecular complexity index is 545. The second-order valence-electron chi connectivity index (χ2n) is 6.22. The fraction of sp³-hybridized carbons (Fsp3) is 0.632. The van der Waals surface area contributed by atoms with Gasteiger partial charge < -0.3 is 20.1 Å². The maximum atomic E-state index is 13.1. The summed E-state index contributed by atoms with van der Waals surface area (Å²) >= 11 is 0. The van der Waals surface area contributed by atoms with Crippen LogP contribution in [0.4, 0.5) is 4.39 Å². The summed E-state index contributed by atoms with van der Waals surface area (Å²) in [5.41, 5.74) is 2.12. The highest BCUT2D eigenvalue weighted by atomic mass is 19.1. The van der Waals surface area contributed by atoms with Gasteiger partial charge in [0, 0.05) is 19.7 Å². The van der Waals surface area contributed by atoms with Crippen LogP contribution in [0.5, 0.6) is 0 Å². The number of nitrogens with one attached hydrogen (secondary N) is 2. The van der Waals surface area contributed by atoms with E-state index in [1.165, 1.54) is 6.07 Å². The molecule has 1 heterocycles. The molecule has 6 heteroatoms. The van der Waals surface area contributed by atoms with Crippen LogP contribution >= 0.6 is 0 Å². The maximum Gasteiger partial charge on any atom is 0.191 e. The van der Waals surface area contributed by atoms with Crippen LogP contribution in [0, 0.1) is 12.7 Å². The highest BCUT2D eigenvalue weighted by molar-refractivity contribution is 5.79. The first-order valence-electron chi connectivity index (χ1n) is 9.15. The van der Waals surface area contributed by atoms with Gasteiger partial charge in [0.25, 0.3) is 0 Å². The van der Waals surface area contributed by atoms with Crippen molar-refractivity contribution in [1.82, 2.24) is 10.6 Å². The van der Waals surface area contributed by atoms with Gasteiger partial charge in [0.1, 0.15) is 5.82 Å². The Labute approximate surface area is 150 Å². The van der Waals surface area contributed by atoms with Gasteiger partial charge in [0.15, 0.2) is 5.96 Å². The van der Waals surface area contributed by atoms with Crippen molar-refractivity contribution in [3.8, 4) is 0 Å². The van der Waals surface area contributed by atoms with E-state index >= 15 is 0 Å². The molecular formula is C19H30FN3O2. The smallest absolute Gasteiger partial charge is 0.191 e. The third-order valence-corrected chi connectivity index (χ3v) is 4.17. The number of aliphatic imine (C=N–C) groups is 1. The Morgan fingerprint density at radius 2 is 2.28 bits per heavy atom. The second-order valence-corrected chi connectivity index (χ2v) is 6.22. The lowest BCUT2D eigenvalue weighted by Crippen LogP contribution is -2.38. The summed E-state index contributed by atoms with van der Waals surface area (Å²) in [6.07, 6.45) is 3.31. The molecule has 5 nitrogen and oxygen atoms in total. The molecule has 1 saturated heterocycles. The monoisotopic (exact) mass is 351 g/mol. The number of halogens is 1. The molecule has 0 amide bonds. The summed E-state index contributed by atoms with van der Waals surface area (Å²) in [6.45, 7) is 8.23. The Kier molecular flexibility index (Phi) is 8.69. The molecule has 0 radical (unpaired) electrons. The van der Waals surface area contributed by atoms with Gasteiger partial charge >= 0.3 is 0 Å². The first-order valence-corrected chi connectivity index (χ1v) is 9.15. The van der Waals surface area contributed by atoms with Crippen molar-refractivity contribution in [3.63, 3.8) is 0 Å². The number of hydrogen-bond acceptors (Lipinski definition) is 3. The molecular weight excluding hydrogens is 321 g/mol. The number of hydrogen-bond donors (Lipinski definition) is 2. The van der Waals surface area contributed by atoms with Crippen LogP contribution in [0.2, 0.25) is 0 Å². The molecule has 1 aromatic carbocycles. The number of ether oxygens (including phenoxy) is 2. The second kappa shape index (κ2) is 11.1. The SMILES string of the molecule is CCNC(=NCCOCC1CCCO1)NCCc1ccc(F)cc1C. The summed E-state index contributed by atoms with van der Waals surface area (Å²) in [4.78, 5) is 4.51. The normalized spacial score (nSPS) is 17.7. The average molecular weight is 351 g/mol. The topological polar surface area (TPSA) is 54.9 Å². The van der Waals surface area contributed by atoms with Gasteiger partial charge in [-0.3, -0.25) is 4.99 Å². The molecule has 1 aliphatic rings. The average Bonchev–Trinajstić information content (AvgIpc) is 3.10. The van der Waals surface area contributed by atoms with E-state index in [4.69, 9.17) is 9.47 Å². The number of benzene rings is 1. The molecule has 2 N–H and O–H groups in total. The third-order valence-electron chi connectivity index (χ3n) is 4.17. The van der Waals surface area contributed by atoms with Crippen LogP contribution in [0.15, 0.2) is 23.2 Å². The Morgan fingerprint density at radius 3 is 3.00 bits per heavy atom. The molecule has 25 heavy (non-hydrogen) atoms. The van der Waals surface area contributed by atoms with E-state index in [-0.39, 0.29) is 11.9 Å². The minimum Gasteiger partial charge on any atom is -0.377 e. The fourth-order valence-electron chi connectivity index (χ4n) is 2.81. The van der Waals surface area contributed by atoms with Crippen molar-refractivity contribution in [2.75, 3.05) is 39.5 Å². The summed E-state index contributed by atoms with van der Waals surface area (Å²) < 4.78 is 24.3. The van der Waals surface area contributed by atoms with Gasteiger partial charge in [0.2, 0.25) is 0 Å². The number of aryl methyl sites for hydroxylation is 1. The highest BCUT2D eigenvalue weighted by Gasteiger charge is 2.14. The van der Waals surface area contributed by atoms with Crippen molar-refractivity contribution in [2.45, 2.75) is 39.2 Å². The molecule has 0 aliphatic carbocycles. The van der Waals surface area contributed by atoms with Crippen molar-refractivity contribution in [1.29, 1.82) is 0 Å². The maximum absolute atomic E-state index is 13.1. The van der Waals surface area contributed by atoms with Crippen LogP contribution < -0.4 is 10.6 Å². The summed E-state index contributed by atoms with van der Waals surface area (Å²) in [5, 5.41) is 6.53. The molecule has 2 rings (SSSR count). The predicted molar refractivity (Wildman–Crippen MR) is 98.6 cm³/mol. The zero-order chi connectivity index (χ0) is 17.9. The van der Waals surface area contributed by atoms with Crippen molar-refractivity contribution in [2.24, 2.45) is 4.99 Å². The lowest BCUT2D eigenvalue weighted by Gasteiger charge is -2.13. The minimum atomic E-state index is -0.188. The predicted octanol–water partition coefficient (Wildman–Crippen LogP) is 2.43. The zero-order valence-electron chi connectivity index (χ0n) is 15.3. The van der Waals surface area contributed by atoms with E-state index in [0.717, 1.165) is 56.0 Å². The van der Waals surface area contributed by atoms with E-state index < -0.39 is 0 Å². The molecule has 0 spiro atoms. The molecule has 1 unspecified atom stereocenters. The van der Waals surface area contributed by atoms with Gasteiger partial charge in [-0.25, -0.2) is 4.39 Å². The first kappa shape index (κ1) is 19.7. The lowest BCUT2D eigenvalue weighted by molar-refractivity contribution is 0.0200. The van der Waals surface area contributed by atoms with E-state index in [1.54, 1.807) is 6.07 Å². The van der Waals surface area contributed by atoms with E-state index in [0.29, 0.717) is 19.8 Å². The van der Waals surface area contributed by atoms with E-state index in [2.05, 4.69) is 15.6 Å². The quantitative estimate of drug-likeness (QED) is 0.408. The zero-order valence-corrected chi connectivity index (χ0v) is 15.3. The molecule has 140 valence electrons. The van der Waals surface area contributed by atoms with Crippen LogP contribution in [0.1, 0.15) is 30.9 Å². The van der Waals surface area contributed by atoms with Crippen LogP contribution in [0.25, 0.3) is 0 Å². The molecule has 1 aliphatic heterocycles.